The van der Waals surface area contributed by atoms with Crippen molar-refractivity contribution in [2.24, 2.45) is 0 Å². The lowest BCUT2D eigenvalue weighted by molar-refractivity contribution is -0.120. The molecule has 5 nitrogen and oxygen atoms in total. The molecule has 1 amide bonds. The van der Waals surface area contributed by atoms with Gasteiger partial charge in [0.2, 0.25) is 5.91 Å². The van der Waals surface area contributed by atoms with Gasteiger partial charge in [-0.15, -0.1) is 0 Å². The fourth-order valence-corrected chi connectivity index (χ4v) is 0.976. The molecule has 1 heterocycles. The highest BCUT2D eigenvalue weighted by atomic mass is 16.5. The third kappa shape index (κ3) is 4.39. The first kappa shape index (κ1) is 11.4. The number of nitrogens with zero attached hydrogens (tertiary/aromatic N) is 2. The van der Waals surface area contributed by atoms with Crippen LogP contribution in [0.3, 0.4) is 0 Å². The van der Waals surface area contributed by atoms with E-state index in [1.54, 1.807) is 7.05 Å². The topological polar surface area (TPSA) is 64.1 Å². The SMILES string of the molecule is CNC(=O)CCCOc1nc[c]c(C)n1. The zero-order valence-corrected chi connectivity index (χ0v) is 8.91. The lowest BCUT2D eigenvalue weighted by Crippen LogP contribution is -2.18. The first-order valence-corrected chi connectivity index (χ1v) is 4.77. The minimum atomic E-state index is 0.0112. The number of carbonyl (C=O) groups excluding carboxylic acids is 1. The predicted molar refractivity (Wildman–Crippen MR) is 54.4 cm³/mol. The summed E-state index contributed by atoms with van der Waals surface area (Å²) in [4.78, 5) is 18.8. The Morgan fingerprint density at radius 2 is 2.47 bits per heavy atom. The molecule has 1 aromatic rings. The molecule has 0 aliphatic carbocycles. The number of rotatable bonds is 5. The van der Waals surface area contributed by atoms with Gasteiger partial charge in [0.1, 0.15) is 0 Å². The molecule has 0 aliphatic heterocycles. The number of hydrogen-bond donors (Lipinski definition) is 1. The number of carbonyl (C=O) groups is 1. The van der Waals surface area contributed by atoms with Crippen LogP contribution in [0.25, 0.3) is 0 Å². The molecule has 0 fully saturated rings. The first-order valence-electron chi connectivity index (χ1n) is 4.77. The summed E-state index contributed by atoms with van der Waals surface area (Å²) < 4.78 is 5.26. The molecule has 1 rings (SSSR count). The van der Waals surface area contributed by atoms with Crippen molar-refractivity contribution in [1.82, 2.24) is 15.3 Å². The monoisotopic (exact) mass is 208 g/mol. The fraction of sp³-hybridized carbons (Fsp3) is 0.500. The second-order valence-corrected chi connectivity index (χ2v) is 3.01. The van der Waals surface area contributed by atoms with E-state index in [4.69, 9.17) is 4.74 Å². The van der Waals surface area contributed by atoms with Crippen molar-refractivity contribution in [3.8, 4) is 6.01 Å². The summed E-state index contributed by atoms with van der Waals surface area (Å²) in [6.07, 6.45) is 2.63. The molecular weight excluding hydrogens is 194 g/mol. The van der Waals surface area contributed by atoms with Crippen LogP contribution >= 0.6 is 0 Å². The number of aromatic nitrogens is 2. The second-order valence-electron chi connectivity index (χ2n) is 3.01. The molecule has 1 N–H and O–H groups in total. The number of hydrogen-bond acceptors (Lipinski definition) is 4. The minimum Gasteiger partial charge on any atom is -0.463 e. The summed E-state index contributed by atoms with van der Waals surface area (Å²) in [6, 6.07) is 3.16. The van der Waals surface area contributed by atoms with Crippen molar-refractivity contribution in [3.05, 3.63) is 18.0 Å². The molecule has 0 saturated carbocycles. The third-order valence-electron chi connectivity index (χ3n) is 1.77. The summed E-state index contributed by atoms with van der Waals surface area (Å²) in [5.41, 5.74) is 0.742. The van der Waals surface area contributed by atoms with E-state index in [9.17, 15) is 4.79 Å². The Balaban J connectivity index is 2.23. The maximum absolute atomic E-state index is 10.9. The number of ether oxygens (including phenoxy) is 1. The Hall–Kier alpha value is -1.65. The molecule has 0 aliphatic rings. The van der Waals surface area contributed by atoms with E-state index in [0.717, 1.165) is 5.69 Å². The van der Waals surface area contributed by atoms with Crippen LogP contribution in [0.15, 0.2) is 6.20 Å². The fourth-order valence-electron chi connectivity index (χ4n) is 0.976. The Bertz CT molecular complexity index is 328. The molecular formula is C10H14N3O2. The Morgan fingerprint density at radius 1 is 1.67 bits per heavy atom. The van der Waals surface area contributed by atoms with E-state index in [-0.39, 0.29) is 5.91 Å². The van der Waals surface area contributed by atoms with Gasteiger partial charge in [-0.05, 0) is 13.3 Å². The predicted octanol–water partition coefficient (Wildman–Crippen LogP) is 0.490. The van der Waals surface area contributed by atoms with Crippen LogP contribution in [-0.4, -0.2) is 29.5 Å². The second kappa shape index (κ2) is 5.95. The molecule has 0 aromatic carbocycles. The standard InChI is InChI=1S/C10H14N3O2/c1-8-5-6-12-10(13-8)15-7-3-4-9(14)11-2/h6H,3-4,7H2,1-2H3,(H,11,14). The Kier molecular flexibility index (Phi) is 4.53. The zero-order chi connectivity index (χ0) is 11.1. The number of aryl methyl sites for hydroxylation is 1. The van der Waals surface area contributed by atoms with E-state index in [1.165, 1.54) is 6.20 Å². The van der Waals surface area contributed by atoms with Gasteiger partial charge < -0.3 is 10.1 Å². The van der Waals surface area contributed by atoms with Gasteiger partial charge in [0.15, 0.2) is 0 Å². The van der Waals surface area contributed by atoms with Crippen LogP contribution in [-0.2, 0) is 4.79 Å². The molecule has 5 heteroatoms. The Morgan fingerprint density at radius 3 is 3.13 bits per heavy atom. The quantitative estimate of drug-likeness (QED) is 0.715. The van der Waals surface area contributed by atoms with Gasteiger partial charge in [0, 0.05) is 25.7 Å². The van der Waals surface area contributed by atoms with E-state index in [1.807, 2.05) is 6.92 Å². The van der Waals surface area contributed by atoms with Crippen molar-refractivity contribution in [2.45, 2.75) is 19.8 Å². The van der Waals surface area contributed by atoms with Gasteiger partial charge in [-0.2, -0.15) is 4.98 Å². The summed E-state index contributed by atoms with van der Waals surface area (Å²) >= 11 is 0. The normalized spacial score (nSPS) is 9.73. The van der Waals surface area contributed by atoms with Gasteiger partial charge in [0.05, 0.1) is 12.3 Å². The molecule has 1 aromatic heterocycles. The number of amides is 1. The van der Waals surface area contributed by atoms with Crippen molar-refractivity contribution in [3.63, 3.8) is 0 Å². The van der Waals surface area contributed by atoms with Crippen molar-refractivity contribution in [1.29, 1.82) is 0 Å². The first-order chi connectivity index (χ1) is 7.22. The average molecular weight is 208 g/mol. The number of nitrogens with one attached hydrogen (secondary N) is 1. The maximum Gasteiger partial charge on any atom is 0.316 e. The lowest BCUT2D eigenvalue weighted by Gasteiger charge is -2.03. The third-order valence-corrected chi connectivity index (χ3v) is 1.77. The molecule has 0 spiro atoms. The van der Waals surface area contributed by atoms with E-state index < -0.39 is 0 Å². The van der Waals surface area contributed by atoms with Gasteiger partial charge >= 0.3 is 6.01 Å². The van der Waals surface area contributed by atoms with E-state index in [0.29, 0.717) is 25.5 Å². The van der Waals surface area contributed by atoms with Crippen LogP contribution in [0.5, 0.6) is 6.01 Å². The maximum atomic E-state index is 10.9. The summed E-state index contributed by atoms with van der Waals surface area (Å²) in [5.74, 6) is 0.0112. The smallest absolute Gasteiger partial charge is 0.316 e. The van der Waals surface area contributed by atoms with E-state index in [2.05, 4.69) is 21.4 Å². The highest BCUT2D eigenvalue weighted by Gasteiger charge is 2.00. The van der Waals surface area contributed by atoms with E-state index >= 15 is 0 Å². The molecule has 1 radical (unpaired) electrons. The zero-order valence-electron chi connectivity index (χ0n) is 8.91. The van der Waals surface area contributed by atoms with Gasteiger partial charge in [0.25, 0.3) is 0 Å². The Labute approximate surface area is 88.9 Å². The molecule has 81 valence electrons. The highest BCUT2D eigenvalue weighted by Crippen LogP contribution is 2.02. The summed E-state index contributed by atoms with van der Waals surface area (Å²) in [6.45, 7) is 2.26. The van der Waals surface area contributed by atoms with Crippen LogP contribution in [0.1, 0.15) is 18.5 Å². The van der Waals surface area contributed by atoms with Crippen LogP contribution in [0, 0.1) is 13.0 Å². The highest BCUT2D eigenvalue weighted by molar-refractivity contribution is 5.75. The van der Waals surface area contributed by atoms with Gasteiger partial charge in [-0.25, -0.2) is 4.98 Å². The van der Waals surface area contributed by atoms with Crippen LogP contribution in [0.4, 0.5) is 0 Å². The molecule has 0 unspecified atom stereocenters. The lowest BCUT2D eigenvalue weighted by atomic mass is 10.3. The summed E-state index contributed by atoms with van der Waals surface area (Å²) in [7, 11) is 1.61. The van der Waals surface area contributed by atoms with Crippen molar-refractivity contribution < 1.29 is 9.53 Å². The minimum absolute atomic E-state index is 0.0112. The average Bonchev–Trinajstić information content (AvgIpc) is 2.24. The molecule has 0 saturated heterocycles. The van der Waals surface area contributed by atoms with Crippen molar-refractivity contribution >= 4 is 5.91 Å². The largest absolute Gasteiger partial charge is 0.463 e. The molecule has 0 bridgehead atoms. The van der Waals surface area contributed by atoms with Crippen molar-refractivity contribution in [2.75, 3.05) is 13.7 Å². The molecule has 0 atom stereocenters. The van der Waals surface area contributed by atoms with Gasteiger partial charge in [-0.1, -0.05) is 0 Å². The van der Waals surface area contributed by atoms with Gasteiger partial charge in [-0.3, -0.25) is 4.79 Å². The van der Waals surface area contributed by atoms with Crippen LogP contribution < -0.4 is 10.1 Å². The summed E-state index contributed by atoms with van der Waals surface area (Å²) in [5, 5.41) is 2.54. The van der Waals surface area contributed by atoms with Crippen LogP contribution in [0.2, 0.25) is 0 Å². The molecule has 15 heavy (non-hydrogen) atoms.